The number of hydrogen-bond acceptors (Lipinski definition) is 6. The summed E-state index contributed by atoms with van der Waals surface area (Å²) in [7, 11) is 0. The van der Waals surface area contributed by atoms with E-state index in [1.165, 1.54) is 24.7 Å². The molecule has 0 atom stereocenters. The Morgan fingerprint density at radius 2 is 2.19 bits per heavy atom. The van der Waals surface area contributed by atoms with Crippen LogP contribution in [0.5, 0.6) is 0 Å². The minimum absolute atomic E-state index is 0.420. The SMILES string of the molecule is Nc1cnc(Nc2nc(C3CC3)cs2)cn1. The fourth-order valence-corrected chi connectivity index (χ4v) is 2.22. The quantitative estimate of drug-likeness (QED) is 0.849. The van der Waals surface area contributed by atoms with Gasteiger partial charge in [0.05, 0.1) is 18.1 Å². The molecule has 16 heavy (non-hydrogen) atoms. The molecule has 0 aliphatic heterocycles. The molecule has 2 aromatic rings. The normalized spacial score (nSPS) is 15.0. The van der Waals surface area contributed by atoms with Crippen LogP contribution in [-0.4, -0.2) is 15.0 Å². The lowest BCUT2D eigenvalue weighted by atomic mass is 10.3. The Morgan fingerprint density at radius 3 is 2.88 bits per heavy atom. The molecule has 6 heteroatoms. The molecule has 0 spiro atoms. The fourth-order valence-electron chi connectivity index (χ4n) is 1.42. The molecule has 1 saturated carbocycles. The van der Waals surface area contributed by atoms with Crippen LogP contribution in [0.3, 0.4) is 0 Å². The standard InChI is InChI=1S/C10H11N5S/c11-8-3-13-9(4-12-8)15-10-14-7(5-16-10)6-1-2-6/h3-6H,1-2H2,(H2,11,12)(H,13,14,15). The number of aromatic nitrogens is 3. The second kappa shape index (κ2) is 3.71. The molecule has 1 fully saturated rings. The van der Waals surface area contributed by atoms with Crippen LogP contribution in [0.15, 0.2) is 17.8 Å². The highest BCUT2D eigenvalue weighted by molar-refractivity contribution is 7.13. The lowest BCUT2D eigenvalue weighted by Crippen LogP contribution is -1.96. The molecule has 3 rings (SSSR count). The molecular weight excluding hydrogens is 222 g/mol. The maximum Gasteiger partial charge on any atom is 0.188 e. The van der Waals surface area contributed by atoms with Crippen molar-refractivity contribution in [2.45, 2.75) is 18.8 Å². The molecular formula is C10H11N5S. The summed E-state index contributed by atoms with van der Waals surface area (Å²) in [6, 6.07) is 0. The second-order valence-electron chi connectivity index (χ2n) is 3.80. The zero-order valence-corrected chi connectivity index (χ0v) is 9.37. The van der Waals surface area contributed by atoms with Crippen LogP contribution >= 0.6 is 11.3 Å². The Bertz CT molecular complexity index is 488. The van der Waals surface area contributed by atoms with Crippen LogP contribution in [0.25, 0.3) is 0 Å². The Balaban J connectivity index is 1.75. The van der Waals surface area contributed by atoms with Crippen molar-refractivity contribution in [2.75, 3.05) is 11.1 Å². The van der Waals surface area contributed by atoms with Gasteiger partial charge in [-0.15, -0.1) is 11.3 Å². The van der Waals surface area contributed by atoms with Crippen LogP contribution in [-0.2, 0) is 0 Å². The zero-order chi connectivity index (χ0) is 11.0. The van der Waals surface area contributed by atoms with Gasteiger partial charge in [0.1, 0.15) is 5.82 Å². The average Bonchev–Trinajstić information content (AvgIpc) is 3.04. The summed E-state index contributed by atoms with van der Waals surface area (Å²) in [5.74, 6) is 1.78. The van der Waals surface area contributed by atoms with Gasteiger partial charge in [-0.3, -0.25) is 0 Å². The van der Waals surface area contributed by atoms with Crippen molar-refractivity contribution in [3.8, 4) is 0 Å². The highest BCUT2D eigenvalue weighted by Gasteiger charge is 2.26. The molecule has 2 heterocycles. The van der Waals surface area contributed by atoms with E-state index in [9.17, 15) is 0 Å². The number of nitrogens with two attached hydrogens (primary N) is 1. The molecule has 3 N–H and O–H groups in total. The van der Waals surface area contributed by atoms with Crippen molar-refractivity contribution in [3.05, 3.63) is 23.5 Å². The maximum absolute atomic E-state index is 5.46. The molecule has 2 aromatic heterocycles. The monoisotopic (exact) mass is 233 g/mol. The van der Waals surface area contributed by atoms with Gasteiger partial charge in [-0.1, -0.05) is 0 Å². The van der Waals surface area contributed by atoms with Crippen molar-refractivity contribution in [1.82, 2.24) is 15.0 Å². The topological polar surface area (TPSA) is 76.7 Å². The molecule has 0 amide bonds. The fraction of sp³-hybridized carbons (Fsp3) is 0.300. The number of thiazole rings is 1. The Labute approximate surface area is 96.8 Å². The summed E-state index contributed by atoms with van der Waals surface area (Å²) in [5.41, 5.74) is 6.65. The summed E-state index contributed by atoms with van der Waals surface area (Å²) in [6.07, 6.45) is 5.67. The van der Waals surface area contributed by atoms with Gasteiger partial charge in [0.25, 0.3) is 0 Å². The number of anilines is 3. The minimum Gasteiger partial charge on any atom is -0.382 e. The smallest absolute Gasteiger partial charge is 0.188 e. The molecule has 0 unspecified atom stereocenters. The second-order valence-corrected chi connectivity index (χ2v) is 4.66. The van der Waals surface area contributed by atoms with E-state index in [1.807, 2.05) is 0 Å². The van der Waals surface area contributed by atoms with Crippen LogP contribution in [0.1, 0.15) is 24.5 Å². The van der Waals surface area contributed by atoms with E-state index in [2.05, 4.69) is 25.6 Å². The van der Waals surface area contributed by atoms with Crippen molar-refractivity contribution in [2.24, 2.45) is 0 Å². The van der Waals surface area contributed by atoms with Gasteiger partial charge in [0.15, 0.2) is 10.9 Å². The summed E-state index contributed by atoms with van der Waals surface area (Å²) < 4.78 is 0. The van der Waals surface area contributed by atoms with Crippen LogP contribution in [0.4, 0.5) is 16.8 Å². The molecule has 82 valence electrons. The zero-order valence-electron chi connectivity index (χ0n) is 8.55. The van der Waals surface area contributed by atoms with Gasteiger partial charge in [-0.2, -0.15) is 0 Å². The highest BCUT2D eigenvalue weighted by atomic mass is 32.1. The van der Waals surface area contributed by atoms with Gasteiger partial charge in [-0.05, 0) is 12.8 Å². The minimum atomic E-state index is 0.420. The summed E-state index contributed by atoms with van der Waals surface area (Å²) in [4.78, 5) is 12.6. The van der Waals surface area contributed by atoms with Gasteiger partial charge in [0.2, 0.25) is 0 Å². The first-order valence-electron chi connectivity index (χ1n) is 5.11. The summed E-state index contributed by atoms with van der Waals surface area (Å²) >= 11 is 1.60. The molecule has 0 radical (unpaired) electrons. The third-order valence-corrected chi connectivity index (χ3v) is 3.20. The van der Waals surface area contributed by atoms with E-state index >= 15 is 0 Å². The predicted octanol–water partition coefficient (Wildman–Crippen LogP) is 2.14. The Hall–Kier alpha value is -1.69. The van der Waals surface area contributed by atoms with E-state index in [0.29, 0.717) is 17.6 Å². The van der Waals surface area contributed by atoms with E-state index in [1.54, 1.807) is 17.5 Å². The molecule has 1 aliphatic rings. The number of nitrogens with zero attached hydrogens (tertiary/aromatic N) is 3. The molecule has 0 bridgehead atoms. The third-order valence-electron chi connectivity index (χ3n) is 2.42. The number of rotatable bonds is 3. The van der Waals surface area contributed by atoms with Crippen molar-refractivity contribution >= 4 is 28.1 Å². The van der Waals surface area contributed by atoms with Crippen molar-refractivity contribution in [1.29, 1.82) is 0 Å². The van der Waals surface area contributed by atoms with E-state index < -0.39 is 0 Å². The Morgan fingerprint density at radius 1 is 1.31 bits per heavy atom. The van der Waals surface area contributed by atoms with Gasteiger partial charge in [-0.25, -0.2) is 15.0 Å². The highest BCUT2D eigenvalue weighted by Crippen LogP contribution is 2.41. The average molecular weight is 233 g/mol. The first-order valence-corrected chi connectivity index (χ1v) is 5.99. The largest absolute Gasteiger partial charge is 0.382 e. The lowest BCUT2D eigenvalue weighted by molar-refractivity contribution is 1.05. The molecule has 0 aromatic carbocycles. The van der Waals surface area contributed by atoms with Crippen molar-refractivity contribution < 1.29 is 0 Å². The molecule has 1 aliphatic carbocycles. The first-order chi connectivity index (χ1) is 7.81. The van der Waals surface area contributed by atoms with Crippen LogP contribution < -0.4 is 11.1 Å². The van der Waals surface area contributed by atoms with Crippen LogP contribution in [0, 0.1) is 0 Å². The molecule has 0 saturated heterocycles. The number of hydrogen-bond donors (Lipinski definition) is 2. The summed E-state index contributed by atoms with van der Waals surface area (Å²) in [6.45, 7) is 0. The number of nitrogen functional groups attached to an aromatic ring is 1. The third kappa shape index (κ3) is 1.96. The van der Waals surface area contributed by atoms with Gasteiger partial charge < -0.3 is 11.1 Å². The summed E-state index contributed by atoms with van der Waals surface area (Å²) in [5, 5.41) is 6.08. The predicted molar refractivity (Wildman–Crippen MR) is 63.8 cm³/mol. The van der Waals surface area contributed by atoms with Gasteiger partial charge in [0, 0.05) is 11.3 Å². The van der Waals surface area contributed by atoms with Crippen molar-refractivity contribution in [3.63, 3.8) is 0 Å². The van der Waals surface area contributed by atoms with E-state index in [4.69, 9.17) is 5.73 Å². The van der Waals surface area contributed by atoms with Gasteiger partial charge >= 0.3 is 0 Å². The number of nitrogens with one attached hydrogen (secondary N) is 1. The first kappa shape index (κ1) is 9.53. The Kier molecular flexibility index (Phi) is 2.21. The van der Waals surface area contributed by atoms with E-state index in [0.717, 1.165) is 5.13 Å². The van der Waals surface area contributed by atoms with E-state index in [-0.39, 0.29) is 0 Å². The maximum atomic E-state index is 5.46. The lowest BCUT2D eigenvalue weighted by Gasteiger charge is -2.00. The molecule has 5 nitrogen and oxygen atoms in total. The van der Waals surface area contributed by atoms with Crippen LogP contribution in [0.2, 0.25) is 0 Å².